The smallest absolute Gasteiger partial charge is 0.204 e. The van der Waals surface area contributed by atoms with Gasteiger partial charge in [0.2, 0.25) is 5.82 Å². The first kappa shape index (κ1) is 17.8. The molecule has 3 rings (SSSR count). The Kier molecular flexibility index (Phi) is 5.10. The van der Waals surface area contributed by atoms with Crippen LogP contribution in [0.2, 0.25) is 0 Å². The molecule has 0 spiro atoms. The van der Waals surface area contributed by atoms with Crippen LogP contribution >= 0.6 is 0 Å². The van der Waals surface area contributed by atoms with Crippen molar-refractivity contribution in [3.8, 4) is 11.4 Å². The second-order valence-electron chi connectivity index (χ2n) is 5.54. The summed E-state index contributed by atoms with van der Waals surface area (Å²) in [6.07, 6.45) is 0. The Bertz CT molecular complexity index is 918. The van der Waals surface area contributed by atoms with E-state index < -0.39 is 24.0 Å². The lowest BCUT2D eigenvalue weighted by atomic mass is 10.1. The summed E-state index contributed by atoms with van der Waals surface area (Å²) in [4.78, 5) is 12.4. The maximum absolute atomic E-state index is 14.1. The number of hydrogen-bond donors (Lipinski definition) is 2. The molecule has 0 aliphatic heterocycles. The fourth-order valence-corrected chi connectivity index (χ4v) is 2.36. The third-order valence-corrected chi connectivity index (χ3v) is 3.81. The second-order valence-corrected chi connectivity index (χ2v) is 5.54. The summed E-state index contributed by atoms with van der Waals surface area (Å²) in [7, 11) is 0. The molecule has 9 heteroatoms. The molecule has 1 aromatic heterocycles. The van der Waals surface area contributed by atoms with Crippen LogP contribution in [0, 0.1) is 11.6 Å². The van der Waals surface area contributed by atoms with Gasteiger partial charge in [0, 0.05) is 23.2 Å². The van der Waals surface area contributed by atoms with Crippen LogP contribution in [-0.2, 0) is 13.1 Å². The van der Waals surface area contributed by atoms with Gasteiger partial charge in [-0.25, -0.2) is 8.78 Å². The first-order valence-corrected chi connectivity index (χ1v) is 7.71. The summed E-state index contributed by atoms with van der Waals surface area (Å²) in [5, 5.41) is 20.6. The predicted molar refractivity (Wildman–Crippen MR) is 88.0 cm³/mol. The van der Waals surface area contributed by atoms with Crippen molar-refractivity contribution in [3.63, 3.8) is 0 Å². The normalized spacial score (nSPS) is 10.9. The summed E-state index contributed by atoms with van der Waals surface area (Å²) >= 11 is 0. The standard InChI is InChI=1S/C17H15F2N5O2/c18-14-5-12(16(26)9-25)6-15(19)13(14)8-24-22-17(21-23-24)11-3-1-10(7-20)2-4-11/h1-6,25H,7-9,20H2. The van der Waals surface area contributed by atoms with Crippen LogP contribution in [0.25, 0.3) is 11.4 Å². The molecule has 0 radical (unpaired) electrons. The summed E-state index contributed by atoms with van der Waals surface area (Å²) in [5.41, 5.74) is 6.64. The number of ketones is 1. The molecular formula is C17H15F2N5O2. The van der Waals surface area contributed by atoms with E-state index in [1.165, 1.54) is 0 Å². The molecule has 0 saturated heterocycles. The highest BCUT2D eigenvalue weighted by atomic mass is 19.1. The van der Waals surface area contributed by atoms with Gasteiger partial charge in [-0.05, 0) is 22.9 Å². The zero-order valence-corrected chi connectivity index (χ0v) is 13.6. The van der Waals surface area contributed by atoms with Crippen LogP contribution in [0.1, 0.15) is 21.5 Å². The Morgan fingerprint density at radius 2 is 1.81 bits per heavy atom. The molecule has 0 fully saturated rings. The van der Waals surface area contributed by atoms with E-state index in [9.17, 15) is 13.6 Å². The van der Waals surface area contributed by atoms with E-state index in [0.717, 1.165) is 22.5 Å². The van der Waals surface area contributed by atoms with E-state index in [1.54, 1.807) is 12.1 Å². The highest BCUT2D eigenvalue weighted by Gasteiger charge is 2.16. The topological polar surface area (TPSA) is 107 Å². The van der Waals surface area contributed by atoms with E-state index in [0.29, 0.717) is 17.9 Å². The monoisotopic (exact) mass is 359 g/mol. The molecule has 3 aromatic rings. The van der Waals surface area contributed by atoms with Crippen LogP contribution in [0.4, 0.5) is 8.78 Å². The van der Waals surface area contributed by atoms with Crippen LogP contribution in [0.3, 0.4) is 0 Å². The number of tetrazole rings is 1. The molecule has 3 N–H and O–H groups in total. The Hall–Kier alpha value is -3.04. The zero-order valence-electron chi connectivity index (χ0n) is 13.6. The average molecular weight is 359 g/mol. The van der Waals surface area contributed by atoms with Crippen LogP contribution in [0.15, 0.2) is 36.4 Å². The maximum atomic E-state index is 14.1. The van der Waals surface area contributed by atoms with Gasteiger partial charge in [0.1, 0.15) is 18.2 Å². The van der Waals surface area contributed by atoms with Gasteiger partial charge in [-0.2, -0.15) is 4.80 Å². The van der Waals surface area contributed by atoms with Gasteiger partial charge in [-0.1, -0.05) is 24.3 Å². The summed E-state index contributed by atoms with van der Waals surface area (Å²) < 4.78 is 28.3. The first-order valence-electron chi connectivity index (χ1n) is 7.71. The molecule has 134 valence electrons. The SMILES string of the molecule is NCc1ccc(-c2nnn(Cc3c(F)cc(C(=O)CO)cc3F)n2)cc1. The molecular weight excluding hydrogens is 344 g/mol. The molecule has 7 nitrogen and oxygen atoms in total. The minimum atomic E-state index is -0.923. The summed E-state index contributed by atoms with van der Waals surface area (Å²) in [5.74, 6) is -2.31. The van der Waals surface area contributed by atoms with E-state index in [4.69, 9.17) is 10.8 Å². The first-order chi connectivity index (χ1) is 12.5. The van der Waals surface area contributed by atoms with Gasteiger partial charge < -0.3 is 10.8 Å². The van der Waals surface area contributed by atoms with E-state index in [-0.39, 0.29) is 17.7 Å². The predicted octanol–water partition coefficient (Wildman–Crippen LogP) is 1.30. The Balaban J connectivity index is 1.83. The number of aliphatic hydroxyl groups excluding tert-OH is 1. The van der Waals surface area contributed by atoms with Crippen molar-refractivity contribution in [1.29, 1.82) is 0 Å². The number of aromatic nitrogens is 4. The Morgan fingerprint density at radius 3 is 2.38 bits per heavy atom. The van der Waals surface area contributed by atoms with E-state index in [1.807, 2.05) is 12.1 Å². The van der Waals surface area contributed by atoms with Gasteiger partial charge in [0.05, 0.1) is 6.54 Å². The van der Waals surface area contributed by atoms with Gasteiger partial charge in [-0.15, -0.1) is 10.2 Å². The number of halogens is 2. The quantitative estimate of drug-likeness (QED) is 0.643. The average Bonchev–Trinajstić information content (AvgIpc) is 3.12. The Labute approximate surface area is 147 Å². The molecule has 0 unspecified atom stereocenters. The third-order valence-electron chi connectivity index (χ3n) is 3.81. The molecule has 2 aromatic carbocycles. The molecule has 0 atom stereocenters. The number of carbonyl (C=O) groups excluding carboxylic acids is 1. The van der Waals surface area contributed by atoms with Crippen molar-refractivity contribution in [2.45, 2.75) is 13.1 Å². The number of carbonyl (C=O) groups is 1. The van der Waals surface area contributed by atoms with E-state index >= 15 is 0 Å². The molecule has 0 aliphatic carbocycles. The van der Waals surface area contributed by atoms with Crippen molar-refractivity contribution in [2.75, 3.05) is 6.61 Å². The maximum Gasteiger partial charge on any atom is 0.204 e. The van der Waals surface area contributed by atoms with Gasteiger partial charge in [0.25, 0.3) is 0 Å². The number of benzene rings is 2. The summed E-state index contributed by atoms with van der Waals surface area (Å²) in [6.45, 7) is -0.706. The highest BCUT2D eigenvalue weighted by Crippen LogP contribution is 2.18. The fraction of sp³-hybridized carbons (Fsp3) is 0.176. The molecule has 0 saturated carbocycles. The van der Waals surface area contributed by atoms with Crippen molar-refractivity contribution < 1.29 is 18.7 Å². The van der Waals surface area contributed by atoms with Crippen LogP contribution < -0.4 is 5.73 Å². The number of aliphatic hydroxyl groups is 1. The van der Waals surface area contributed by atoms with Crippen LogP contribution in [0.5, 0.6) is 0 Å². The number of nitrogens with two attached hydrogens (primary N) is 1. The minimum absolute atomic E-state index is 0.238. The number of hydrogen-bond acceptors (Lipinski definition) is 6. The van der Waals surface area contributed by atoms with E-state index in [2.05, 4.69) is 15.4 Å². The molecule has 0 bridgehead atoms. The highest BCUT2D eigenvalue weighted by molar-refractivity contribution is 5.97. The van der Waals surface area contributed by atoms with Gasteiger partial charge in [-0.3, -0.25) is 4.79 Å². The number of rotatable bonds is 6. The lowest BCUT2D eigenvalue weighted by Gasteiger charge is -2.06. The second kappa shape index (κ2) is 7.46. The zero-order chi connectivity index (χ0) is 18.7. The third kappa shape index (κ3) is 3.63. The molecule has 1 heterocycles. The fourth-order valence-electron chi connectivity index (χ4n) is 2.36. The van der Waals surface area contributed by atoms with Crippen molar-refractivity contribution in [3.05, 3.63) is 64.7 Å². The van der Waals surface area contributed by atoms with Gasteiger partial charge >= 0.3 is 0 Å². The Morgan fingerprint density at radius 1 is 1.15 bits per heavy atom. The summed E-state index contributed by atoms with van der Waals surface area (Å²) in [6, 6.07) is 8.96. The lowest BCUT2D eigenvalue weighted by Crippen LogP contribution is -2.11. The lowest BCUT2D eigenvalue weighted by molar-refractivity contribution is 0.0902. The van der Waals surface area contributed by atoms with Crippen molar-refractivity contribution in [2.24, 2.45) is 5.73 Å². The number of Topliss-reactive ketones (excluding diaryl/α,β-unsaturated/α-hetero) is 1. The number of nitrogens with zero attached hydrogens (tertiary/aromatic N) is 4. The van der Waals surface area contributed by atoms with Gasteiger partial charge in [0.15, 0.2) is 5.78 Å². The van der Waals surface area contributed by atoms with Crippen molar-refractivity contribution >= 4 is 5.78 Å². The minimum Gasteiger partial charge on any atom is -0.388 e. The molecule has 26 heavy (non-hydrogen) atoms. The van der Waals surface area contributed by atoms with Crippen molar-refractivity contribution in [1.82, 2.24) is 20.2 Å². The van der Waals surface area contributed by atoms with Crippen LogP contribution in [-0.4, -0.2) is 37.7 Å². The molecule has 0 aliphatic rings. The largest absolute Gasteiger partial charge is 0.388 e. The molecule has 0 amide bonds.